The minimum Gasteiger partial charge on any atom is -0.481 e. The van der Waals surface area contributed by atoms with Crippen LogP contribution in [0.4, 0.5) is 5.69 Å². The van der Waals surface area contributed by atoms with Crippen LogP contribution in [0.25, 0.3) is 11.3 Å². The van der Waals surface area contributed by atoms with Crippen LogP contribution in [0, 0.1) is 30.6 Å². The van der Waals surface area contributed by atoms with E-state index >= 15 is 0 Å². The van der Waals surface area contributed by atoms with Crippen LogP contribution in [0.2, 0.25) is 0 Å². The number of furan rings is 1. The van der Waals surface area contributed by atoms with Gasteiger partial charge in [0, 0.05) is 11.3 Å². The first kappa shape index (κ1) is 15.7. The Labute approximate surface area is 145 Å². The summed E-state index contributed by atoms with van der Waals surface area (Å²) < 4.78 is 5.62. The fourth-order valence-corrected chi connectivity index (χ4v) is 4.08. The van der Waals surface area contributed by atoms with Gasteiger partial charge >= 0.3 is 5.97 Å². The van der Waals surface area contributed by atoms with Crippen molar-refractivity contribution in [3.8, 4) is 11.3 Å². The molecule has 0 radical (unpaired) electrons. The molecule has 1 aromatic carbocycles. The molecule has 2 bridgehead atoms. The summed E-state index contributed by atoms with van der Waals surface area (Å²) in [7, 11) is 0. The van der Waals surface area contributed by atoms with E-state index in [1.807, 2.05) is 49.4 Å². The number of amides is 1. The van der Waals surface area contributed by atoms with E-state index in [1.54, 1.807) is 6.07 Å². The van der Waals surface area contributed by atoms with Crippen molar-refractivity contribution in [3.63, 3.8) is 0 Å². The van der Waals surface area contributed by atoms with Crippen molar-refractivity contribution in [1.82, 2.24) is 0 Å². The predicted octanol–water partition coefficient (Wildman–Crippen LogP) is 3.72. The van der Waals surface area contributed by atoms with Crippen molar-refractivity contribution >= 4 is 17.6 Å². The Kier molecular flexibility index (Phi) is 3.71. The van der Waals surface area contributed by atoms with Crippen molar-refractivity contribution in [2.75, 3.05) is 5.32 Å². The third-order valence-corrected chi connectivity index (χ3v) is 5.20. The molecule has 0 unspecified atom stereocenters. The highest BCUT2D eigenvalue weighted by molar-refractivity contribution is 5.96. The van der Waals surface area contributed by atoms with Crippen LogP contribution in [-0.4, -0.2) is 17.0 Å². The Morgan fingerprint density at radius 2 is 1.88 bits per heavy atom. The average Bonchev–Trinajstić information content (AvgIpc) is 3.30. The SMILES string of the molecule is Cc1ccc(-c2cccc(NC(=O)[C@H]3[C@@H](C(=O)O)[C@@H]4C=C[C@@H]3C4)c2)o1. The van der Waals surface area contributed by atoms with Gasteiger partial charge in [-0.1, -0.05) is 24.3 Å². The molecule has 4 atom stereocenters. The van der Waals surface area contributed by atoms with Gasteiger partial charge in [-0.15, -0.1) is 0 Å². The molecule has 2 N–H and O–H groups in total. The summed E-state index contributed by atoms with van der Waals surface area (Å²) in [4.78, 5) is 24.3. The first-order valence-corrected chi connectivity index (χ1v) is 8.42. The molecule has 5 heteroatoms. The Morgan fingerprint density at radius 1 is 1.12 bits per heavy atom. The number of hydrogen-bond acceptors (Lipinski definition) is 3. The zero-order valence-corrected chi connectivity index (χ0v) is 13.8. The van der Waals surface area contributed by atoms with Crippen LogP contribution in [0.15, 0.2) is 53.0 Å². The van der Waals surface area contributed by atoms with E-state index in [4.69, 9.17) is 4.42 Å². The Hall–Kier alpha value is -2.82. The number of nitrogens with one attached hydrogen (secondary N) is 1. The summed E-state index contributed by atoms with van der Waals surface area (Å²) >= 11 is 0. The molecular formula is C20H19NO4. The lowest BCUT2D eigenvalue weighted by Crippen LogP contribution is -2.36. The van der Waals surface area contributed by atoms with Crippen molar-refractivity contribution < 1.29 is 19.1 Å². The van der Waals surface area contributed by atoms with Gasteiger partial charge in [-0.3, -0.25) is 9.59 Å². The van der Waals surface area contributed by atoms with Crippen molar-refractivity contribution in [2.45, 2.75) is 13.3 Å². The average molecular weight is 337 g/mol. The summed E-state index contributed by atoms with van der Waals surface area (Å²) in [5, 5.41) is 12.4. The summed E-state index contributed by atoms with van der Waals surface area (Å²) in [6.45, 7) is 1.88. The molecular weight excluding hydrogens is 318 g/mol. The molecule has 5 nitrogen and oxygen atoms in total. The van der Waals surface area contributed by atoms with E-state index in [-0.39, 0.29) is 17.7 Å². The molecule has 1 amide bonds. The van der Waals surface area contributed by atoms with Crippen LogP contribution in [0.1, 0.15) is 12.2 Å². The number of allylic oxidation sites excluding steroid dienone is 2. The number of aliphatic carboxylic acids is 1. The lowest BCUT2D eigenvalue weighted by Gasteiger charge is -2.23. The molecule has 1 aromatic heterocycles. The molecule has 0 spiro atoms. The van der Waals surface area contributed by atoms with Crippen LogP contribution in [0.5, 0.6) is 0 Å². The fourth-order valence-electron chi connectivity index (χ4n) is 4.08. The summed E-state index contributed by atoms with van der Waals surface area (Å²) in [6, 6.07) is 11.2. The standard InChI is InChI=1S/C20H19NO4/c1-11-5-8-16(25-11)12-3-2-4-15(10-12)21-19(22)17-13-6-7-14(9-13)18(17)20(23)24/h2-8,10,13-14,17-18H,9H2,1H3,(H,21,22)(H,23,24)/t13-,14-,17-,18+/m1/s1. The highest BCUT2D eigenvalue weighted by Gasteiger charge is 2.51. The van der Waals surface area contributed by atoms with Crippen LogP contribution >= 0.6 is 0 Å². The monoisotopic (exact) mass is 337 g/mol. The molecule has 2 aliphatic carbocycles. The number of fused-ring (bicyclic) bond motifs is 2. The Balaban J connectivity index is 1.55. The molecule has 1 heterocycles. The van der Waals surface area contributed by atoms with Crippen molar-refractivity contribution in [3.05, 3.63) is 54.3 Å². The lowest BCUT2D eigenvalue weighted by atomic mass is 9.82. The second-order valence-electron chi connectivity index (χ2n) is 6.82. The molecule has 1 saturated carbocycles. The molecule has 4 rings (SSSR count). The van der Waals surface area contributed by atoms with Crippen LogP contribution in [-0.2, 0) is 9.59 Å². The lowest BCUT2D eigenvalue weighted by molar-refractivity contribution is -0.146. The van der Waals surface area contributed by atoms with Gasteiger partial charge in [0.25, 0.3) is 0 Å². The summed E-state index contributed by atoms with van der Waals surface area (Å²) in [5.41, 5.74) is 1.51. The number of hydrogen-bond donors (Lipinski definition) is 2. The van der Waals surface area contributed by atoms with Gasteiger partial charge in [-0.05, 0) is 49.4 Å². The first-order valence-electron chi connectivity index (χ1n) is 8.42. The summed E-state index contributed by atoms with van der Waals surface area (Å²) in [5.74, 6) is -0.721. The quantitative estimate of drug-likeness (QED) is 0.834. The number of aryl methyl sites for hydroxylation is 1. The zero-order chi connectivity index (χ0) is 17.6. The van der Waals surface area contributed by atoms with E-state index in [2.05, 4.69) is 5.32 Å². The third kappa shape index (κ3) is 2.76. The van der Waals surface area contributed by atoms with Gasteiger partial charge in [0.05, 0.1) is 11.8 Å². The zero-order valence-electron chi connectivity index (χ0n) is 13.8. The minimum absolute atomic E-state index is 0.0157. The molecule has 128 valence electrons. The number of benzene rings is 1. The van der Waals surface area contributed by atoms with E-state index in [0.29, 0.717) is 5.69 Å². The second-order valence-corrected chi connectivity index (χ2v) is 6.82. The second kappa shape index (κ2) is 5.92. The maximum absolute atomic E-state index is 12.7. The maximum atomic E-state index is 12.7. The van der Waals surface area contributed by atoms with Crippen LogP contribution < -0.4 is 5.32 Å². The number of carboxylic acid groups (broad SMARTS) is 1. The number of carbonyl (C=O) groups is 2. The summed E-state index contributed by atoms with van der Waals surface area (Å²) in [6.07, 6.45) is 4.67. The van der Waals surface area contributed by atoms with Gasteiger partial charge < -0.3 is 14.8 Å². The minimum atomic E-state index is -0.892. The smallest absolute Gasteiger partial charge is 0.307 e. The molecule has 25 heavy (non-hydrogen) atoms. The predicted molar refractivity (Wildman–Crippen MR) is 92.9 cm³/mol. The number of carboxylic acids is 1. The number of carbonyl (C=O) groups excluding carboxylic acids is 1. The molecule has 2 aliphatic rings. The fraction of sp³-hybridized carbons (Fsp3) is 0.300. The van der Waals surface area contributed by atoms with E-state index < -0.39 is 17.8 Å². The maximum Gasteiger partial charge on any atom is 0.307 e. The van der Waals surface area contributed by atoms with Crippen molar-refractivity contribution in [2.24, 2.45) is 23.7 Å². The topological polar surface area (TPSA) is 79.5 Å². The normalized spacial score (nSPS) is 26.8. The van der Waals surface area contributed by atoms with Gasteiger partial charge in [0.15, 0.2) is 0 Å². The van der Waals surface area contributed by atoms with Crippen molar-refractivity contribution in [1.29, 1.82) is 0 Å². The highest BCUT2D eigenvalue weighted by Crippen LogP contribution is 2.48. The molecule has 0 aliphatic heterocycles. The molecule has 0 saturated heterocycles. The van der Waals surface area contributed by atoms with Gasteiger partial charge in [0.2, 0.25) is 5.91 Å². The Morgan fingerprint density at radius 3 is 2.56 bits per heavy atom. The van der Waals surface area contributed by atoms with Gasteiger partial charge in [-0.25, -0.2) is 0 Å². The van der Waals surface area contributed by atoms with Crippen LogP contribution in [0.3, 0.4) is 0 Å². The number of anilines is 1. The number of rotatable bonds is 4. The third-order valence-electron chi connectivity index (χ3n) is 5.20. The van der Waals surface area contributed by atoms with Gasteiger partial charge in [-0.2, -0.15) is 0 Å². The van der Waals surface area contributed by atoms with Gasteiger partial charge in [0.1, 0.15) is 11.5 Å². The highest BCUT2D eigenvalue weighted by atomic mass is 16.4. The van der Waals surface area contributed by atoms with E-state index in [1.165, 1.54) is 0 Å². The largest absolute Gasteiger partial charge is 0.481 e. The van der Waals surface area contributed by atoms with E-state index in [0.717, 1.165) is 23.5 Å². The van der Waals surface area contributed by atoms with E-state index in [9.17, 15) is 14.7 Å². The molecule has 1 fully saturated rings. The Bertz CT molecular complexity index is 866. The first-order chi connectivity index (χ1) is 12.0. The molecule has 2 aromatic rings.